The van der Waals surface area contributed by atoms with Crippen molar-refractivity contribution < 1.29 is 17.9 Å². The number of sulfonamides is 1. The van der Waals surface area contributed by atoms with Crippen molar-refractivity contribution in [3.8, 4) is 0 Å². The quantitative estimate of drug-likeness (QED) is 0.788. The topological polar surface area (TPSA) is 75.7 Å². The number of carbonyl (C=O) groups is 1. The Kier molecular flexibility index (Phi) is 5.51. The summed E-state index contributed by atoms with van der Waals surface area (Å²) in [5, 5.41) is 3.00. The van der Waals surface area contributed by atoms with Gasteiger partial charge in [-0.25, -0.2) is 8.42 Å². The standard InChI is InChI=1S/C21H30N2O4S/c1-2-16-5-7-18(8-6-16)28(25,26)23-13-11-21(12-14-23)10-9-19(27-21)20(24)22-15-17-3-4-17/h5-8,17,19H,2-4,9-15H2,1H3,(H,22,24). The van der Waals surface area contributed by atoms with Crippen LogP contribution in [0.15, 0.2) is 29.2 Å². The first-order chi connectivity index (χ1) is 13.4. The molecular weight excluding hydrogens is 376 g/mol. The van der Waals surface area contributed by atoms with Gasteiger partial charge in [0.05, 0.1) is 10.5 Å². The molecule has 1 aromatic rings. The summed E-state index contributed by atoms with van der Waals surface area (Å²) in [6.45, 7) is 3.69. The Morgan fingerprint density at radius 1 is 1.14 bits per heavy atom. The molecule has 3 fully saturated rings. The average Bonchev–Trinajstić information content (AvgIpc) is 3.46. The molecule has 0 bridgehead atoms. The highest BCUT2D eigenvalue weighted by molar-refractivity contribution is 7.89. The highest BCUT2D eigenvalue weighted by atomic mass is 32.2. The van der Waals surface area contributed by atoms with E-state index in [-0.39, 0.29) is 17.6 Å². The zero-order valence-electron chi connectivity index (χ0n) is 16.5. The van der Waals surface area contributed by atoms with E-state index < -0.39 is 10.0 Å². The number of nitrogens with one attached hydrogen (secondary N) is 1. The van der Waals surface area contributed by atoms with E-state index in [0.29, 0.717) is 36.7 Å². The average molecular weight is 407 g/mol. The van der Waals surface area contributed by atoms with Crippen LogP contribution in [0.1, 0.15) is 51.0 Å². The van der Waals surface area contributed by atoms with Crippen molar-refractivity contribution in [1.29, 1.82) is 0 Å². The lowest BCUT2D eigenvalue weighted by atomic mass is 9.89. The predicted molar refractivity (Wildman–Crippen MR) is 106 cm³/mol. The summed E-state index contributed by atoms with van der Waals surface area (Å²) in [6.07, 6.45) is 5.76. The van der Waals surface area contributed by atoms with Gasteiger partial charge in [-0.2, -0.15) is 4.31 Å². The number of nitrogens with zero attached hydrogens (tertiary/aromatic N) is 1. The van der Waals surface area contributed by atoms with Crippen molar-refractivity contribution in [3.63, 3.8) is 0 Å². The maximum atomic E-state index is 12.9. The third-order valence-corrected chi connectivity index (χ3v) is 8.32. The van der Waals surface area contributed by atoms with Gasteiger partial charge in [0.1, 0.15) is 6.10 Å². The molecule has 1 unspecified atom stereocenters. The number of benzene rings is 1. The van der Waals surface area contributed by atoms with E-state index in [1.54, 1.807) is 16.4 Å². The first-order valence-electron chi connectivity index (χ1n) is 10.5. The second-order valence-electron chi connectivity index (χ2n) is 8.42. The first-order valence-corrected chi connectivity index (χ1v) is 11.9. The lowest BCUT2D eigenvalue weighted by Gasteiger charge is -2.38. The van der Waals surface area contributed by atoms with E-state index in [1.807, 2.05) is 12.1 Å². The van der Waals surface area contributed by atoms with Crippen LogP contribution in [0.2, 0.25) is 0 Å². The Morgan fingerprint density at radius 2 is 1.82 bits per heavy atom. The zero-order valence-corrected chi connectivity index (χ0v) is 17.3. The number of aryl methyl sites for hydroxylation is 1. The van der Waals surface area contributed by atoms with Crippen molar-refractivity contribution in [2.75, 3.05) is 19.6 Å². The summed E-state index contributed by atoms with van der Waals surface area (Å²) in [6, 6.07) is 7.15. The first kappa shape index (κ1) is 19.9. The Labute approximate surface area is 167 Å². The number of amides is 1. The lowest BCUT2D eigenvalue weighted by molar-refractivity contribution is -0.139. The fraction of sp³-hybridized carbons (Fsp3) is 0.667. The van der Waals surface area contributed by atoms with Gasteiger partial charge in [-0.3, -0.25) is 4.79 Å². The highest BCUT2D eigenvalue weighted by Gasteiger charge is 2.46. The number of hydrogen-bond acceptors (Lipinski definition) is 4. The fourth-order valence-electron chi connectivity index (χ4n) is 4.23. The molecule has 0 radical (unpaired) electrons. The van der Waals surface area contributed by atoms with Gasteiger partial charge in [-0.1, -0.05) is 19.1 Å². The molecule has 1 aliphatic carbocycles. The number of ether oxygens (including phenoxy) is 1. The van der Waals surface area contributed by atoms with Crippen LogP contribution < -0.4 is 5.32 Å². The van der Waals surface area contributed by atoms with Gasteiger partial charge >= 0.3 is 0 Å². The van der Waals surface area contributed by atoms with Gasteiger partial charge < -0.3 is 10.1 Å². The van der Waals surface area contributed by atoms with E-state index in [2.05, 4.69) is 12.2 Å². The molecule has 6 nitrogen and oxygen atoms in total. The number of hydrogen-bond donors (Lipinski definition) is 1. The highest BCUT2D eigenvalue weighted by Crippen LogP contribution is 2.40. The van der Waals surface area contributed by atoms with E-state index in [1.165, 1.54) is 12.8 Å². The summed E-state index contributed by atoms with van der Waals surface area (Å²) in [7, 11) is -3.48. The second kappa shape index (κ2) is 7.76. The van der Waals surface area contributed by atoms with Gasteiger partial charge in [-0.05, 0) is 68.6 Å². The van der Waals surface area contributed by atoms with Crippen molar-refractivity contribution in [2.24, 2.45) is 5.92 Å². The Balaban J connectivity index is 1.34. The van der Waals surface area contributed by atoms with E-state index >= 15 is 0 Å². The number of rotatable bonds is 6. The minimum atomic E-state index is -3.48. The van der Waals surface area contributed by atoms with Crippen molar-refractivity contribution in [1.82, 2.24) is 9.62 Å². The smallest absolute Gasteiger partial charge is 0.249 e. The van der Waals surface area contributed by atoms with Crippen LogP contribution in [-0.2, 0) is 26.0 Å². The third kappa shape index (κ3) is 4.11. The molecule has 1 N–H and O–H groups in total. The molecule has 2 aliphatic heterocycles. The van der Waals surface area contributed by atoms with Crippen LogP contribution in [0.3, 0.4) is 0 Å². The molecule has 2 saturated heterocycles. The lowest BCUT2D eigenvalue weighted by Crippen LogP contribution is -2.47. The molecule has 1 aromatic carbocycles. The second-order valence-corrected chi connectivity index (χ2v) is 10.4. The number of carbonyl (C=O) groups excluding carboxylic acids is 1. The molecular formula is C21H30N2O4S. The van der Waals surface area contributed by atoms with Crippen molar-refractivity contribution in [3.05, 3.63) is 29.8 Å². The van der Waals surface area contributed by atoms with Crippen molar-refractivity contribution >= 4 is 15.9 Å². The van der Waals surface area contributed by atoms with Crippen LogP contribution >= 0.6 is 0 Å². The van der Waals surface area contributed by atoms with Gasteiger partial charge in [0.15, 0.2) is 0 Å². The van der Waals surface area contributed by atoms with E-state index in [0.717, 1.165) is 31.4 Å². The van der Waals surface area contributed by atoms with E-state index in [4.69, 9.17) is 4.74 Å². The zero-order chi connectivity index (χ0) is 19.8. The summed E-state index contributed by atoms with van der Waals surface area (Å²) < 4.78 is 33.6. The monoisotopic (exact) mass is 406 g/mol. The minimum Gasteiger partial charge on any atom is -0.362 e. The number of piperidine rings is 1. The summed E-state index contributed by atoms with van der Waals surface area (Å²) in [5.74, 6) is 0.647. The fourth-order valence-corrected chi connectivity index (χ4v) is 5.67. The van der Waals surface area contributed by atoms with Gasteiger partial charge in [0.25, 0.3) is 0 Å². The molecule has 7 heteroatoms. The van der Waals surface area contributed by atoms with Crippen molar-refractivity contribution in [2.45, 2.75) is 68.5 Å². The summed E-state index contributed by atoms with van der Waals surface area (Å²) in [4.78, 5) is 12.7. The molecule has 1 spiro atoms. The van der Waals surface area contributed by atoms with Crippen LogP contribution in [0.4, 0.5) is 0 Å². The van der Waals surface area contributed by atoms with E-state index in [9.17, 15) is 13.2 Å². The molecule has 3 aliphatic rings. The Morgan fingerprint density at radius 3 is 2.43 bits per heavy atom. The Bertz CT molecular complexity index is 809. The molecule has 28 heavy (non-hydrogen) atoms. The van der Waals surface area contributed by atoms with Gasteiger partial charge in [0.2, 0.25) is 15.9 Å². The molecule has 1 amide bonds. The summed E-state index contributed by atoms with van der Waals surface area (Å²) in [5.41, 5.74) is 0.779. The maximum absolute atomic E-state index is 12.9. The molecule has 2 heterocycles. The minimum absolute atomic E-state index is 0.00478. The SMILES string of the molecule is CCc1ccc(S(=O)(=O)N2CCC3(CCC(C(=O)NCC4CC4)O3)CC2)cc1. The largest absolute Gasteiger partial charge is 0.362 e. The molecule has 1 atom stereocenters. The Hall–Kier alpha value is -1.44. The third-order valence-electron chi connectivity index (χ3n) is 6.41. The molecule has 0 aromatic heterocycles. The van der Waals surface area contributed by atoms with Gasteiger partial charge in [0, 0.05) is 19.6 Å². The van der Waals surface area contributed by atoms with Crippen LogP contribution in [0.25, 0.3) is 0 Å². The van der Waals surface area contributed by atoms with Crippen LogP contribution in [-0.4, -0.2) is 50.0 Å². The summed E-state index contributed by atoms with van der Waals surface area (Å²) >= 11 is 0. The van der Waals surface area contributed by atoms with Crippen LogP contribution in [0.5, 0.6) is 0 Å². The van der Waals surface area contributed by atoms with Crippen LogP contribution in [0, 0.1) is 5.92 Å². The predicted octanol–water partition coefficient (Wildman–Crippen LogP) is 2.48. The molecule has 1 saturated carbocycles. The molecule has 154 valence electrons. The molecule has 4 rings (SSSR count). The van der Waals surface area contributed by atoms with Gasteiger partial charge in [-0.15, -0.1) is 0 Å². The normalized spacial score (nSPS) is 25.1. The maximum Gasteiger partial charge on any atom is 0.249 e.